The summed E-state index contributed by atoms with van der Waals surface area (Å²) in [6.45, 7) is 22.4. The van der Waals surface area contributed by atoms with Crippen molar-refractivity contribution in [3.8, 4) is 0 Å². The third-order valence-corrected chi connectivity index (χ3v) is 11.4. The summed E-state index contributed by atoms with van der Waals surface area (Å²) in [6.07, 6.45) is 1.98. The molecule has 0 saturated heterocycles. The topological polar surface area (TPSA) is 303 Å². The Morgan fingerprint density at radius 1 is 0.477 bits per heavy atom. The van der Waals surface area contributed by atoms with Crippen LogP contribution >= 0.6 is 0 Å². The van der Waals surface area contributed by atoms with Crippen LogP contribution in [0.2, 0.25) is 0 Å². The smallest absolute Gasteiger partial charge is 0.408 e. The number of nitrogens with one attached hydrogen (secondary N) is 5. The molecule has 0 spiro atoms. The Balaban J connectivity index is 0.000000592. The molecule has 2 atom stereocenters. The zero-order valence-electron chi connectivity index (χ0n) is 51.5. The van der Waals surface area contributed by atoms with Crippen LogP contribution < -0.4 is 26.6 Å². The van der Waals surface area contributed by atoms with Gasteiger partial charge in [0.05, 0.1) is 39.6 Å². The fourth-order valence-electron chi connectivity index (χ4n) is 6.38. The van der Waals surface area contributed by atoms with Crippen molar-refractivity contribution in [2.24, 2.45) is 0 Å². The standard InChI is InChI=1S/C19H24N2O6.C17H23NO4.C15H21NO4.C14H19NO4/c1-5-16(22)26-12-19(3,13-27-17(23)6-2)21-18(24)25-11-14-7-9-15(20-4)10-8-14;1-13(2)17(20)22-11-4-5-16(19)21-12-10-14-6-8-15(18-3)9-7-14;1-11(2)15(18)20-10-14(17)9-19-8-12-4-6-13(16-3)7-5-12;1-3-14(17)19-10-13(16)9-18-8-11-4-6-12(15-2)7-5-11/h5-10,20H,1-2,11-13H2,3-4H3,(H,21,24);6-9,18H,1,4-5,10-12H2,2-3H3;4-7,14,16-17H,1,8-10H2,2-3H3;3-7,13,15-16H,1,8-10H2,2H3. The number of carbonyl (C=O) groups excluding carboxylic acids is 7. The van der Waals surface area contributed by atoms with E-state index in [1.165, 1.54) is 0 Å². The summed E-state index contributed by atoms with van der Waals surface area (Å²) in [5.74, 6) is -3.11. The number of amides is 1. The van der Waals surface area contributed by atoms with Crippen LogP contribution in [0.1, 0.15) is 55.9 Å². The van der Waals surface area contributed by atoms with Gasteiger partial charge in [-0.25, -0.2) is 28.8 Å². The first-order valence-electron chi connectivity index (χ1n) is 27.7. The average molecular weight is 1230 g/mol. The Kier molecular flexibility index (Phi) is 39.3. The van der Waals surface area contributed by atoms with Gasteiger partial charge in [-0.15, -0.1) is 0 Å². The molecular weight excluding hydrogens is 1140 g/mol. The molecule has 1 amide bonds. The lowest BCUT2D eigenvalue weighted by Crippen LogP contribution is -2.53. The van der Waals surface area contributed by atoms with Gasteiger partial charge in [0.25, 0.3) is 0 Å². The van der Waals surface area contributed by atoms with E-state index >= 15 is 0 Å². The number of alkyl carbamates (subject to hydrolysis) is 1. The van der Waals surface area contributed by atoms with E-state index in [0.717, 1.165) is 63.2 Å². The van der Waals surface area contributed by atoms with Gasteiger partial charge in [-0.05, 0) is 98.0 Å². The maximum absolute atomic E-state index is 12.1. The van der Waals surface area contributed by atoms with E-state index in [9.17, 15) is 43.8 Å². The van der Waals surface area contributed by atoms with Crippen LogP contribution in [0.15, 0.2) is 159 Å². The first kappa shape index (κ1) is 76.7. The minimum absolute atomic E-state index is 0.0464. The Bertz CT molecular complexity index is 2770. The van der Waals surface area contributed by atoms with E-state index in [1.54, 1.807) is 27.8 Å². The third-order valence-electron chi connectivity index (χ3n) is 11.4. The number of hydrogen-bond acceptors (Lipinski definition) is 22. The van der Waals surface area contributed by atoms with Gasteiger partial charge in [-0.3, -0.25) is 4.79 Å². The highest BCUT2D eigenvalue weighted by Crippen LogP contribution is 2.14. The van der Waals surface area contributed by atoms with Crippen molar-refractivity contribution in [3.05, 3.63) is 182 Å². The van der Waals surface area contributed by atoms with Crippen molar-refractivity contribution in [1.29, 1.82) is 0 Å². The molecule has 23 nitrogen and oxygen atoms in total. The second kappa shape index (κ2) is 45.1. The Hall–Kier alpha value is -9.29. The van der Waals surface area contributed by atoms with Gasteiger partial charge >= 0.3 is 41.9 Å². The van der Waals surface area contributed by atoms with Gasteiger partial charge in [-0.2, -0.15) is 0 Å². The van der Waals surface area contributed by atoms with E-state index in [4.69, 9.17) is 42.6 Å². The molecule has 0 heterocycles. The van der Waals surface area contributed by atoms with Crippen molar-refractivity contribution < 1.29 is 86.4 Å². The zero-order chi connectivity index (χ0) is 65.7. The molecule has 7 N–H and O–H groups in total. The summed E-state index contributed by atoms with van der Waals surface area (Å²) < 4.78 is 45.3. The Morgan fingerprint density at radius 2 is 0.841 bits per heavy atom. The molecular formula is C65H87N5O18. The lowest BCUT2D eigenvalue weighted by atomic mass is 10.1. The van der Waals surface area contributed by atoms with Crippen molar-refractivity contribution in [2.75, 3.05) is 102 Å². The monoisotopic (exact) mass is 1230 g/mol. The highest BCUT2D eigenvalue weighted by Gasteiger charge is 2.31. The summed E-state index contributed by atoms with van der Waals surface area (Å²) >= 11 is 0. The molecule has 4 rings (SSSR count). The van der Waals surface area contributed by atoms with E-state index < -0.39 is 53.7 Å². The second-order valence-corrected chi connectivity index (χ2v) is 19.2. The maximum Gasteiger partial charge on any atom is 0.408 e. The molecule has 23 heteroatoms. The Labute approximate surface area is 516 Å². The average Bonchev–Trinajstić information content (AvgIpc) is 3.64. The highest BCUT2D eigenvalue weighted by molar-refractivity contribution is 5.87. The molecule has 2 unspecified atom stereocenters. The fourth-order valence-corrected chi connectivity index (χ4v) is 6.38. The van der Waals surface area contributed by atoms with Crippen LogP contribution in [0, 0.1) is 0 Å². The van der Waals surface area contributed by atoms with Gasteiger partial charge in [0.15, 0.2) is 0 Å². The number of ether oxygens (including phenoxy) is 9. The van der Waals surface area contributed by atoms with Gasteiger partial charge in [-0.1, -0.05) is 81.4 Å². The molecule has 0 radical (unpaired) electrons. The van der Waals surface area contributed by atoms with Crippen molar-refractivity contribution in [2.45, 2.75) is 77.6 Å². The molecule has 88 heavy (non-hydrogen) atoms. The van der Waals surface area contributed by atoms with Crippen LogP contribution in [-0.2, 0) is 97.6 Å². The van der Waals surface area contributed by atoms with Crippen LogP contribution in [0.25, 0.3) is 0 Å². The molecule has 0 aliphatic rings. The number of hydrogen-bond donors (Lipinski definition) is 7. The van der Waals surface area contributed by atoms with E-state index in [-0.39, 0.29) is 65.2 Å². The number of aliphatic hydroxyl groups is 2. The summed E-state index contributed by atoms with van der Waals surface area (Å²) in [6, 6.07) is 30.8. The number of rotatable bonds is 35. The van der Waals surface area contributed by atoms with Gasteiger partial charge < -0.3 is 79.4 Å². The first-order valence-corrected chi connectivity index (χ1v) is 27.7. The molecule has 0 fully saturated rings. The lowest BCUT2D eigenvalue weighted by molar-refractivity contribution is -0.146. The number of esters is 6. The zero-order valence-corrected chi connectivity index (χ0v) is 51.5. The molecule has 4 aromatic rings. The third kappa shape index (κ3) is 36.5. The minimum Gasteiger partial charge on any atom is -0.465 e. The van der Waals surface area contributed by atoms with Crippen molar-refractivity contribution in [3.63, 3.8) is 0 Å². The Morgan fingerprint density at radius 3 is 1.23 bits per heavy atom. The number of anilines is 4. The molecule has 0 bridgehead atoms. The summed E-state index contributed by atoms with van der Waals surface area (Å²) in [5, 5.41) is 33.7. The number of benzene rings is 4. The van der Waals surface area contributed by atoms with E-state index in [2.05, 4.69) is 59.5 Å². The van der Waals surface area contributed by atoms with Crippen molar-refractivity contribution in [1.82, 2.24) is 5.32 Å². The normalized spacial score (nSPS) is 10.8. The number of carbonyl (C=O) groups is 7. The molecule has 4 aromatic carbocycles. The predicted octanol–water partition coefficient (Wildman–Crippen LogP) is 7.95. The summed E-state index contributed by atoms with van der Waals surface area (Å²) in [7, 11) is 7.38. The molecule has 0 aliphatic heterocycles. The van der Waals surface area contributed by atoms with Gasteiger partial charge in [0.1, 0.15) is 50.8 Å². The quantitative estimate of drug-likeness (QED) is 0.00995. The van der Waals surface area contributed by atoms with Crippen LogP contribution in [0.3, 0.4) is 0 Å². The molecule has 0 saturated carbocycles. The largest absolute Gasteiger partial charge is 0.465 e. The lowest BCUT2D eigenvalue weighted by Gasteiger charge is -2.29. The maximum atomic E-state index is 12.1. The van der Waals surface area contributed by atoms with E-state index in [0.29, 0.717) is 43.8 Å². The number of aliphatic hydroxyl groups excluding tert-OH is 2. The summed E-state index contributed by atoms with van der Waals surface area (Å²) in [4.78, 5) is 79.2. The summed E-state index contributed by atoms with van der Waals surface area (Å²) in [5.41, 5.74) is 7.43. The second-order valence-electron chi connectivity index (χ2n) is 19.2. The van der Waals surface area contributed by atoms with Gasteiger partial charge in [0.2, 0.25) is 0 Å². The molecule has 0 aromatic heterocycles. The SMILES string of the molecule is C=C(C)C(=O)OCC(O)COCc1ccc(NC)cc1.C=C(C)C(=O)OCCCC(=O)OCCc1ccc(NC)cc1.C=CC(=O)OCC(C)(COC(=O)C=C)NC(=O)OCc1ccc(NC)cc1.C=CC(=O)OCC(O)COCc1ccc(NC)cc1. The van der Waals surface area contributed by atoms with E-state index in [1.807, 2.05) is 118 Å². The molecule has 480 valence electrons. The highest BCUT2D eigenvalue weighted by atomic mass is 16.6. The van der Waals surface area contributed by atoms with Crippen LogP contribution in [0.4, 0.5) is 27.5 Å². The van der Waals surface area contributed by atoms with Crippen LogP contribution in [-0.4, -0.2) is 151 Å². The first-order chi connectivity index (χ1) is 42.0. The molecule has 0 aliphatic carbocycles. The van der Waals surface area contributed by atoms with Crippen LogP contribution in [0.5, 0.6) is 0 Å². The minimum atomic E-state index is -1.19. The fraction of sp³-hybridized carbons (Fsp3) is 0.369. The van der Waals surface area contributed by atoms with Crippen molar-refractivity contribution >= 4 is 64.7 Å². The predicted molar refractivity (Wildman–Crippen MR) is 336 cm³/mol. The van der Waals surface area contributed by atoms with Gasteiger partial charge in [0, 0.05) is 93.2 Å².